The van der Waals surface area contributed by atoms with Crippen molar-refractivity contribution in [3.05, 3.63) is 42.5 Å². The second-order valence-corrected chi connectivity index (χ2v) is 6.27. The molecule has 1 aromatic carbocycles. The van der Waals surface area contributed by atoms with E-state index < -0.39 is 20.5 Å². The van der Waals surface area contributed by atoms with Crippen LogP contribution >= 0.6 is 0 Å². The van der Waals surface area contributed by atoms with Crippen LogP contribution in [-0.2, 0) is 9.84 Å². The van der Waals surface area contributed by atoms with Crippen LogP contribution in [0.3, 0.4) is 0 Å². The summed E-state index contributed by atoms with van der Waals surface area (Å²) >= 11 is 0. The molecule has 1 aromatic heterocycles. The van der Waals surface area contributed by atoms with Crippen LogP contribution in [0.5, 0.6) is 0 Å². The molecule has 5 nitrogen and oxygen atoms in total. The normalized spacial score (nSPS) is 13.3. The van der Waals surface area contributed by atoms with Gasteiger partial charge >= 0.3 is 5.76 Å². The molecule has 1 atom stereocenters. The molecule has 0 aliphatic rings. The van der Waals surface area contributed by atoms with Crippen LogP contribution in [-0.4, -0.2) is 24.1 Å². The predicted octanol–water partition coefficient (Wildman–Crippen LogP) is 2.97. The van der Waals surface area contributed by atoms with Crippen molar-refractivity contribution in [3.8, 4) is 0 Å². The minimum atomic E-state index is -4.66. The standard InChI is InChI=1S/C13H15F2N3O2S/c1-2-9(12-16-7-8-17-12)18-10-5-3-4-6-11(10)21(19,20)13(14)15/h3-9,13,18H,2H2,1H3,(H,16,17). The Morgan fingerprint density at radius 1 is 1.33 bits per heavy atom. The number of benzene rings is 1. The van der Waals surface area contributed by atoms with Crippen LogP contribution in [0.15, 0.2) is 41.6 Å². The largest absolute Gasteiger partial charge is 0.374 e. The van der Waals surface area contributed by atoms with Crippen molar-refractivity contribution in [1.82, 2.24) is 9.97 Å². The molecule has 1 heterocycles. The van der Waals surface area contributed by atoms with Gasteiger partial charge in [0.25, 0.3) is 0 Å². The maximum atomic E-state index is 12.7. The number of anilines is 1. The average molecular weight is 315 g/mol. The fourth-order valence-electron chi connectivity index (χ4n) is 1.95. The van der Waals surface area contributed by atoms with E-state index in [-0.39, 0.29) is 11.7 Å². The SMILES string of the molecule is CCC(Nc1ccccc1S(=O)(=O)C(F)F)c1ncc[nH]1. The minimum Gasteiger partial charge on any atom is -0.374 e. The van der Waals surface area contributed by atoms with Crippen molar-refractivity contribution >= 4 is 15.5 Å². The van der Waals surface area contributed by atoms with E-state index in [9.17, 15) is 17.2 Å². The number of para-hydroxylation sites is 1. The van der Waals surface area contributed by atoms with Gasteiger partial charge in [0.15, 0.2) is 0 Å². The summed E-state index contributed by atoms with van der Waals surface area (Å²) in [4.78, 5) is 6.60. The molecule has 2 rings (SSSR count). The van der Waals surface area contributed by atoms with Crippen molar-refractivity contribution < 1.29 is 17.2 Å². The molecular weight excluding hydrogens is 300 g/mol. The Bertz CT molecular complexity index is 687. The Morgan fingerprint density at radius 3 is 2.62 bits per heavy atom. The number of halogens is 2. The number of hydrogen-bond donors (Lipinski definition) is 2. The number of H-pyrrole nitrogens is 1. The summed E-state index contributed by atoms with van der Waals surface area (Å²) in [6.07, 6.45) is 3.82. The van der Waals surface area contributed by atoms with E-state index in [1.165, 1.54) is 18.2 Å². The number of imidazole rings is 1. The van der Waals surface area contributed by atoms with Gasteiger partial charge in [-0.2, -0.15) is 8.78 Å². The summed E-state index contributed by atoms with van der Waals surface area (Å²) in [5, 5.41) is 2.95. The Hall–Kier alpha value is -1.96. The number of sulfone groups is 1. The van der Waals surface area contributed by atoms with Gasteiger partial charge in [-0.3, -0.25) is 0 Å². The zero-order chi connectivity index (χ0) is 15.5. The van der Waals surface area contributed by atoms with Gasteiger partial charge in [-0.1, -0.05) is 19.1 Å². The van der Waals surface area contributed by atoms with Gasteiger partial charge in [-0.25, -0.2) is 13.4 Å². The molecule has 0 aliphatic carbocycles. The molecular formula is C13H15F2N3O2S. The highest BCUT2D eigenvalue weighted by molar-refractivity contribution is 7.91. The van der Waals surface area contributed by atoms with E-state index in [1.807, 2.05) is 6.92 Å². The lowest BCUT2D eigenvalue weighted by Crippen LogP contribution is -2.17. The van der Waals surface area contributed by atoms with Crippen LogP contribution in [0.25, 0.3) is 0 Å². The van der Waals surface area contributed by atoms with Crippen molar-refractivity contribution in [2.75, 3.05) is 5.32 Å². The lowest BCUT2D eigenvalue weighted by Gasteiger charge is -2.18. The van der Waals surface area contributed by atoms with E-state index in [2.05, 4.69) is 15.3 Å². The molecule has 21 heavy (non-hydrogen) atoms. The summed E-state index contributed by atoms with van der Waals surface area (Å²) < 4.78 is 48.9. The fraction of sp³-hybridized carbons (Fsp3) is 0.308. The topological polar surface area (TPSA) is 74.8 Å². The molecule has 0 radical (unpaired) electrons. The first kappa shape index (κ1) is 15.4. The van der Waals surface area contributed by atoms with Gasteiger partial charge in [-0.15, -0.1) is 0 Å². The molecule has 2 N–H and O–H groups in total. The van der Waals surface area contributed by atoms with Crippen molar-refractivity contribution in [3.63, 3.8) is 0 Å². The first-order chi connectivity index (χ1) is 9.96. The molecule has 8 heteroatoms. The molecule has 1 unspecified atom stereocenters. The van der Waals surface area contributed by atoms with Gasteiger partial charge in [-0.05, 0) is 18.6 Å². The number of hydrogen-bond acceptors (Lipinski definition) is 4. The molecule has 0 fully saturated rings. The predicted molar refractivity (Wildman–Crippen MR) is 74.9 cm³/mol. The third-order valence-corrected chi connectivity index (χ3v) is 4.45. The van der Waals surface area contributed by atoms with Gasteiger partial charge in [0, 0.05) is 12.4 Å². The number of aromatic nitrogens is 2. The van der Waals surface area contributed by atoms with Crippen LogP contribution in [0.4, 0.5) is 14.5 Å². The van der Waals surface area contributed by atoms with E-state index in [4.69, 9.17) is 0 Å². The second kappa shape index (κ2) is 6.21. The van der Waals surface area contributed by atoms with Gasteiger partial charge in [0.2, 0.25) is 9.84 Å². The fourth-order valence-corrected chi connectivity index (χ4v) is 2.84. The molecule has 0 aliphatic heterocycles. The van der Waals surface area contributed by atoms with Gasteiger partial charge < -0.3 is 10.3 Å². The molecule has 0 spiro atoms. The quantitative estimate of drug-likeness (QED) is 0.859. The van der Waals surface area contributed by atoms with Crippen LogP contribution in [0.1, 0.15) is 25.2 Å². The zero-order valence-corrected chi connectivity index (χ0v) is 12.1. The highest BCUT2D eigenvalue weighted by Gasteiger charge is 2.29. The highest BCUT2D eigenvalue weighted by Crippen LogP contribution is 2.29. The Morgan fingerprint density at radius 2 is 2.05 bits per heavy atom. The second-order valence-electron chi connectivity index (χ2n) is 4.38. The lowest BCUT2D eigenvalue weighted by molar-refractivity contribution is 0.235. The monoisotopic (exact) mass is 315 g/mol. The minimum absolute atomic E-state index is 0.140. The first-order valence-electron chi connectivity index (χ1n) is 6.33. The molecule has 2 aromatic rings. The van der Waals surface area contributed by atoms with Crippen LogP contribution in [0, 0.1) is 0 Å². The molecule has 114 valence electrons. The van der Waals surface area contributed by atoms with Gasteiger partial charge in [0.1, 0.15) is 5.82 Å². The molecule has 0 saturated heterocycles. The molecule has 0 amide bonds. The van der Waals surface area contributed by atoms with Crippen LogP contribution in [0.2, 0.25) is 0 Å². The van der Waals surface area contributed by atoms with E-state index >= 15 is 0 Å². The number of alkyl halides is 2. The van der Waals surface area contributed by atoms with E-state index in [1.54, 1.807) is 18.5 Å². The molecule has 0 bridgehead atoms. The zero-order valence-electron chi connectivity index (χ0n) is 11.3. The lowest BCUT2D eigenvalue weighted by atomic mass is 10.2. The highest BCUT2D eigenvalue weighted by atomic mass is 32.2. The maximum absolute atomic E-state index is 12.7. The van der Waals surface area contributed by atoms with E-state index in [0.717, 1.165) is 0 Å². The first-order valence-corrected chi connectivity index (χ1v) is 7.88. The average Bonchev–Trinajstić information content (AvgIpc) is 2.99. The maximum Gasteiger partial charge on any atom is 0.341 e. The Kier molecular flexibility index (Phi) is 4.56. The van der Waals surface area contributed by atoms with E-state index in [0.29, 0.717) is 12.2 Å². The van der Waals surface area contributed by atoms with Crippen molar-refractivity contribution in [2.45, 2.75) is 30.0 Å². The van der Waals surface area contributed by atoms with Crippen molar-refractivity contribution in [1.29, 1.82) is 0 Å². The summed E-state index contributed by atoms with van der Waals surface area (Å²) in [6, 6.07) is 5.32. The summed E-state index contributed by atoms with van der Waals surface area (Å²) in [6.45, 7) is 1.88. The third-order valence-electron chi connectivity index (χ3n) is 3.02. The summed E-state index contributed by atoms with van der Waals surface area (Å²) in [5.74, 6) is -2.84. The summed E-state index contributed by atoms with van der Waals surface area (Å²) in [5.41, 5.74) is 0.140. The number of rotatable bonds is 6. The number of aromatic amines is 1. The number of nitrogens with one attached hydrogen (secondary N) is 2. The van der Waals surface area contributed by atoms with Crippen LogP contribution < -0.4 is 5.32 Å². The summed E-state index contributed by atoms with van der Waals surface area (Å²) in [7, 11) is -4.66. The third kappa shape index (κ3) is 3.21. The Labute approximate surface area is 121 Å². The van der Waals surface area contributed by atoms with Gasteiger partial charge in [0.05, 0.1) is 16.6 Å². The smallest absolute Gasteiger partial charge is 0.341 e. The number of nitrogens with zero attached hydrogens (tertiary/aromatic N) is 1. The van der Waals surface area contributed by atoms with Crippen molar-refractivity contribution in [2.24, 2.45) is 0 Å². The Balaban J connectivity index is 2.37. The molecule has 0 saturated carbocycles.